The normalized spacial score (nSPS) is 10.6. The molecule has 0 aliphatic carbocycles. The molecule has 0 heterocycles. The van der Waals surface area contributed by atoms with Crippen LogP contribution in [0.2, 0.25) is 0 Å². The van der Waals surface area contributed by atoms with E-state index in [-0.39, 0.29) is 6.42 Å². The molecule has 21 heavy (non-hydrogen) atoms. The van der Waals surface area contributed by atoms with Crippen LogP contribution in [0.5, 0.6) is 0 Å². The number of nitriles is 1. The van der Waals surface area contributed by atoms with E-state index in [1.54, 1.807) is 6.07 Å². The van der Waals surface area contributed by atoms with Crippen LogP contribution in [-0.4, -0.2) is 24.8 Å². The van der Waals surface area contributed by atoms with Gasteiger partial charge in [0, 0.05) is 24.5 Å². The number of rotatable bonds is 5. The minimum absolute atomic E-state index is 0.275. The van der Waals surface area contributed by atoms with E-state index in [9.17, 15) is 4.79 Å². The van der Waals surface area contributed by atoms with Gasteiger partial charge in [-0.15, -0.1) is 0 Å². The average Bonchev–Trinajstić information content (AvgIpc) is 2.36. The summed E-state index contributed by atoms with van der Waals surface area (Å²) >= 11 is 0. The molecule has 0 saturated heterocycles. The number of nitrogens with one attached hydrogen (secondary N) is 2. The van der Waals surface area contributed by atoms with Gasteiger partial charge in [0.25, 0.3) is 0 Å². The van der Waals surface area contributed by atoms with E-state index in [0.29, 0.717) is 18.8 Å². The molecule has 0 bridgehead atoms. The van der Waals surface area contributed by atoms with Gasteiger partial charge in [-0.2, -0.15) is 5.26 Å². The Morgan fingerprint density at radius 3 is 2.71 bits per heavy atom. The van der Waals surface area contributed by atoms with Crippen molar-refractivity contribution >= 4 is 17.5 Å². The third kappa shape index (κ3) is 6.52. The number of anilines is 2. The summed E-state index contributed by atoms with van der Waals surface area (Å²) in [5.41, 5.74) is 7.54. The first-order chi connectivity index (χ1) is 9.81. The van der Waals surface area contributed by atoms with Gasteiger partial charge in [-0.05, 0) is 44.5 Å². The molecule has 6 heteroatoms. The molecule has 1 amide bonds. The van der Waals surface area contributed by atoms with E-state index in [1.807, 2.05) is 32.9 Å². The molecule has 1 aromatic rings. The fraction of sp³-hybridized carbons (Fsp3) is 0.467. The van der Waals surface area contributed by atoms with Crippen LogP contribution < -0.4 is 16.4 Å². The van der Waals surface area contributed by atoms with Crippen molar-refractivity contribution in [2.45, 2.75) is 32.8 Å². The van der Waals surface area contributed by atoms with Gasteiger partial charge in [-0.1, -0.05) is 0 Å². The molecule has 6 nitrogen and oxygen atoms in total. The number of nitrogens with two attached hydrogens (primary N) is 1. The van der Waals surface area contributed by atoms with Gasteiger partial charge in [0.15, 0.2) is 0 Å². The molecule has 114 valence electrons. The highest BCUT2D eigenvalue weighted by molar-refractivity contribution is 5.67. The van der Waals surface area contributed by atoms with Gasteiger partial charge in [0.05, 0.1) is 12.5 Å². The van der Waals surface area contributed by atoms with Crippen LogP contribution in [0.3, 0.4) is 0 Å². The van der Waals surface area contributed by atoms with Crippen molar-refractivity contribution in [1.29, 1.82) is 5.26 Å². The van der Waals surface area contributed by atoms with E-state index >= 15 is 0 Å². The third-order valence-electron chi connectivity index (χ3n) is 2.53. The smallest absolute Gasteiger partial charge is 0.407 e. The lowest BCUT2D eigenvalue weighted by molar-refractivity contribution is 0.0530. The molecular weight excluding hydrogens is 268 g/mol. The van der Waals surface area contributed by atoms with Crippen LogP contribution in [0.1, 0.15) is 26.3 Å². The monoisotopic (exact) mass is 290 g/mol. The molecular formula is C15H22N4O2. The number of benzene rings is 1. The van der Waals surface area contributed by atoms with E-state index in [2.05, 4.69) is 16.7 Å². The number of hydrogen-bond donors (Lipinski definition) is 3. The summed E-state index contributed by atoms with van der Waals surface area (Å²) in [6.45, 7) is 6.43. The quantitative estimate of drug-likeness (QED) is 0.570. The Hall–Kier alpha value is -2.42. The van der Waals surface area contributed by atoms with Crippen molar-refractivity contribution in [3.05, 3.63) is 23.8 Å². The second kappa shape index (κ2) is 7.39. The summed E-state index contributed by atoms with van der Waals surface area (Å²) in [7, 11) is 0. The molecule has 4 N–H and O–H groups in total. The second-order valence-corrected chi connectivity index (χ2v) is 5.60. The van der Waals surface area contributed by atoms with E-state index in [0.717, 1.165) is 11.3 Å². The number of nitrogens with zero attached hydrogens (tertiary/aromatic N) is 1. The highest BCUT2D eigenvalue weighted by Crippen LogP contribution is 2.17. The zero-order chi connectivity index (χ0) is 15.9. The Morgan fingerprint density at radius 2 is 2.10 bits per heavy atom. The van der Waals surface area contributed by atoms with Crippen LogP contribution in [0.15, 0.2) is 18.2 Å². The average molecular weight is 290 g/mol. The molecule has 1 rings (SSSR count). The molecule has 0 atom stereocenters. The van der Waals surface area contributed by atoms with E-state index < -0.39 is 11.7 Å². The predicted molar refractivity (Wildman–Crippen MR) is 82.9 cm³/mol. The second-order valence-electron chi connectivity index (χ2n) is 5.60. The molecule has 0 aliphatic heterocycles. The Kier molecular flexibility index (Phi) is 5.85. The number of alkyl carbamates (subject to hydrolysis) is 1. The summed E-state index contributed by atoms with van der Waals surface area (Å²) in [6.07, 6.45) is -0.163. The van der Waals surface area contributed by atoms with E-state index in [4.69, 9.17) is 15.7 Å². The van der Waals surface area contributed by atoms with Gasteiger partial charge in [-0.25, -0.2) is 4.79 Å². The van der Waals surface area contributed by atoms with Crippen molar-refractivity contribution in [2.75, 3.05) is 24.1 Å². The summed E-state index contributed by atoms with van der Waals surface area (Å²) < 4.78 is 5.13. The minimum Gasteiger partial charge on any atom is -0.444 e. The van der Waals surface area contributed by atoms with Gasteiger partial charge < -0.3 is 21.1 Å². The third-order valence-corrected chi connectivity index (χ3v) is 2.53. The first-order valence-corrected chi connectivity index (χ1v) is 6.78. The highest BCUT2D eigenvalue weighted by atomic mass is 16.6. The van der Waals surface area contributed by atoms with Crippen LogP contribution in [-0.2, 0) is 11.2 Å². The van der Waals surface area contributed by atoms with Crippen molar-refractivity contribution in [2.24, 2.45) is 0 Å². The summed E-state index contributed by atoms with van der Waals surface area (Å²) in [5, 5.41) is 14.5. The maximum absolute atomic E-state index is 11.4. The van der Waals surface area contributed by atoms with Crippen LogP contribution in [0.4, 0.5) is 16.2 Å². The molecule has 0 spiro atoms. The lowest BCUT2D eigenvalue weighted by Crippen LogP contribution is -2.35. The SMILES string of the molecule is CC(C)(C)OC(=O)NCCNc1ccc(N)c(CC#N)c1. The molecule has 0 fully saturated rings. The summed E-state index contributed by atoms with van der Waals surface area (Å²) in [5.74, 6) is 0. The summed E-state index contributed by atoms with van der Waals surface area (Å²) in [6, 6.07) is 7.51. The fourth-order valence-corrected chi connectivity index (χ4v) is 1.64. The van der Waals surface area contributed by atoms with Crippen molar-refractivity contribution < 1.29 is 9.53 Å². The number of hydrogen-bond acceptors (Lipinski definition) is 5. The van der Waals surface area contributed by atoms with Gasteiger partial charge >= 0.3 is 6.09 Å². The Bertz CT molecular complexity index is 529. The molecule has 0 unspecified atom stereocenters. The van der Waals surface area contributed by atoms with Crippen molar-refractivity contribution in [1.82, 2.24) is 5.32 Å². The van der Waals surface area contributed by atoms with Gasteiger partial charge in [0.1, 0.15) is 5.60 Å². The number of nitrogen functional groups attached to an aromatic ring is 1. The number of carbonyl (C=O) groups is 1. The van der Waals surface area contributed by atoms with Crippen LogP contribution in [0, 0.1) is 11.3 Å². The number of amides is 1. The highest BCUT2D eigenvalue weighted by Gasteiger charge is 2.15. The first kappa shape index (κ1) is 16.6. The van der Waals surface area contributed by atoms with Gasteiger partial charge in [0.2, 0.25) is 0 Å². The largest absolute Gasteiger partial charge is 0.444 e. The molecule has 0 aliphatic rings. The lowest BCUT2D eigenvalue weighted by atomic mass is 10.1. The minimum atomic E-state index is -0.499. The zero-order valence-corrected chi connectivity index (χ0v) is 12.7. The lowest BCUT2D eigenvalue weighted by Gasteiger charge is -2.19. The molecule has 0 aromatic heterocycles. The number of carbonyl (C=O) groups excluding carboxylic acids is 1. The van der Waals surface area contributed by atoms with Crippen LogP contribution in [0.25, 0.3) is 0 Å². The summed E-state index contributed by atoms with van der Waals surface area (Å²) in [4.78, 5) is 11.4. The molecule has 1 aromatic carbocycles. The first-order valence-electron chi connectivity index (χ1n) is 6.78. The molecule has 0 saturated carbocycles. The Morgan fingerprint density at radius 1 is 1.38 bits per heavy atom. The van der Waals surface area contributed by atoms with Crippen molar-refractivity contribution in [3.8, 4) is 6.07 Å². The molecule has 0 radical (unpaired) electrons. The van der Waals surface area contributed by atoms with Crippen LogP contribution >= 0.6 is 0 Å². The maximum atomic E-state index is 11.4. The topological polar surface area (TPSA) is 100 Å². The standard InChI is InChI=1S/C15H22N4O2/c1-15(2,3)21-14(20)19-9-8-18-12-4-5-13(17)11(10-12)6-7-16/h4-5,10,18H,6,8-9,17H2,1-3H3,(H,19,20). The maximum Gasteiger partial charge on any atom is 0.407 e. The van der Waals surface area contributed by atoms with E-state index in [1.165, 1.54) is 0 Å². The van der Waals surface area contributed by atoms with Gasteiger partial charge in [-0.3, -0.25) is 0 Å². The fourth-order valence-electron chi connectivity index (χ4n) is 1.64. The Balaban J connectivity index is 2.38. The van der Waals surface area contributed by atoms with Crippen molar-refractivity contribution in [3.63, 3.8) is 0 Å². The number of ether oxygens (including phenoxy) is 1. The predicted octanol–water partition coefficient (Wildman–Crippen LogP) is 2.27. The zero-order valence-electron chi connectivity index (χ0n) is 12.7. The Labute approximate surface area is 125 Å².